The smallest absolute Gasteiger partial charge is 0.150 e. The molecule has 1 aromatic rings. The van der Waals surface area contributed by atoms with E-state index in [0.29, 0.717) is 18.0 Å². The van der Waals surface area contributed by atoms with Gasteiger partial charge in [-0.3, -0.25) is 0 Å². The minimum absolute atomic E-state index is 0.0885. The number of anilines is 1. The Labute approximate surface area is 113 Å². The summed E-state index contributed by atoms with van der Waals surface area (Å²) in [6.07, 6.45) is -0.0885. The van der Waals surface area contributed by atoms with Crippen molar-refractivity contribution in [3.8, 4) is 5.75 Å². The molecule has 1 heterocycles. The van der Waals surface area contributed by atoms with Gasteiger partial charge in [0.15, 0.2) is 0 Å². The van der Waals surface area contributed by atoms with Gasteiger partial charge in [0.2, 0.25) is 0 Å². The molecular weight excluding hydrogens is 247 g/mol. The Kier molecular flexibility index (Phi) is 4.99. The SMILES string of the molecule is COCC(C)Oc1ccc(N2CCNCC2)c(F)c1. The third kappa shape index (κ3) is 3.81. The Morgan fingerprint density at radius 3 is 2.74 bits per heavy atom. The summed E-state index contributed by atoms with van der Waals surface area (Å²) in [6.45, 7) is 5.83. The zero-order valence-electron chi connectivity index (χ0n) is 11.5. The van der Waals surface area contributed by atoms with Gasteiger partial charge in [-0.15, -0.1) is 0 Å². The average molecular weight is 268 g/mol. The van der Waals surface area contributed by atoms with Crippen molar-refractivity contribution >= 4 is 5.69 Å². The molecule has 1 saturated heterocycles. The van der Waals surface area contributed by atoms with Crippen molar-refractivity contribution in [2.24, 2.45) is 0 Å². The van der Waals surface area contributed by atoms with Gasteiger partial charge in [-0.25, -0.2) is 4.39 Å². The number of halogens is 1. The minimum Gasteiger partial charge on any atom is -0.488 e. The number of methoxy groups -OCH3 is 1. The highest BCUT2D eigenvalue weighted by atomic mass is 19.1. The van der Waals surface area contributed by atoms with Crippen LogP contribution in [0.3, 0.4) is 0 Å². The molecule has 0 aromatic heterocycles. The van der Waals surface area contributed by atoms with Gasteiger partial charge >= 0.3 is 0 Å². The summed E-state index contributed by atoms with van der Waals surface area (Å²) >= 11 is 0. The van der Waals surface area contributed by atoms with E-state index >= 15 is 0 Å². The van der Waals surface area contributed by atoms with Gasteiger partial charge in [-0.1, -0.05) is 0 Å². The maximum Gasteiger partial charge on any atom is 0.150 e. The lowest BCUT2D eigenvalue weighted by Gasteiger charge is -2.29. The molecule has 1 N–H and O–H groups in total. The predicted octanol–water partition coefficient (Wildman–Crippen LogP) is 1.65. The van der Waals surface area contributed by atoms with Gasteiger partial charge in [0.05, 0.1) is 12.3 Å². The lowest BCUT2D eigenvalue weighted by Crippen LogP contribution is -2.43. The maximum absolute atomic E-state index is 14.1. The van der Waals surface area contributed by atoms with Crippen LogP contribution in [0.15, 0.2) is 18.2 Å². The second-order valence-corrected chi connectivity index (χ2v) is 4.73. The zero-order valence-corrected chi connectivity index (χ0v) is 11.5. The van der Waals surface area contributed by atoms with Gasteiger partial charge in [0.1, 0.15) is 17.7 Å². The summed E-state index contributed by atoms with van der Waals surface area (Å²) in [7, 11) is 1.62. The lowest BCUT2D eigenvalue weighted by atomic mass is 10.2. The van der Waals surface area contributed by atoms with Crippen LogP contribution >= 0.6 is 0 Å². The van der Waals surface area contributed by atoms with Crippen LogP contribution in [0.2, 0.25) is 0 Å². The van der Waals surface area contributed by atoms with Crippen LogP contribution in [0.5, 0.6) is 5.75 Å². The Morgan fingerprint density at radius 2 is 2.11 bits per heavy atom. The largest absolute Gasteiger partial charge is 0.488 e. The van der Waals surface area contributed by atoms with E-state index in [2.05, 4.69) is 5.32 Å². The molecule has 1 aromatic carbocycles. The standard InChI is InChI=1S/C14H21FN2O2/c1-11(10-18-2)19-12-3-4-14(13(15)9-12)17-7-5-16-6-8-17/h3-4,9,11,16H,5-8,10H2,1-2H3. The molecule has 0 amide bonds. The summed E-state index contributed by atoms with van der Waals surface area (Å²) in [5.74, 6) is 0.310. The van der Waals surface area contributed by atoms with E-state index in [1.54, 1.807) is 13.2 Å². The lowest BCUT2D eigenvalue weighted by molar-refractivity contribution is 0.0919. The molecule has 0 radical (unpaired) electrons. The molecule has 0 spiro atoms. The Hall–Kier alpha value is -1.33. The highest BCUT2D eigenvalue weighted by Gasteiger charge is 2.15. The number of nitrogens with zero attached hydrogens (tertiary/aromatic N) is 1. The van der Waals surface area contributed by atoms with Gasteiger partial charge < -0.3 is 19.7 Å². The van der Waals surface area contributed by atoms with Crippen LogP contribution in [0.1, 0.15) is 6.92 Å². The summed E-state index contributed by atoms with van der Waals surface area (Å²) < 4.78 is 24.7. The molecule has 5 heteroatoms. The van der Waals surface area contributed by atoms with E-state index in [9.17, 15) is 4.39 Å². The van der Waals surface area contributed by atoms with Crippen LogP contribution in [-0.2, 0) is 4.74 Å². The third-order valence-electron chi connectivity index (χ3n) is 3.12. The highest BCUT2D eigenvalue weighted by molar-refractivity contribution is 5.51. The fourth-order valence-electron chi connectivity index (χ4n) is 2.22. The van der Waals surface area contributed by atoms with Crippen molar-refractivity contribution in [1.29, 1.82) is 0 Å². The molecule has 1 fully saturated rings. The molecule has 0 saturated carbocycles. The van der Waals surface area contributed by atoms with Gasteiger partial charge in [0.25, 0.3) is 0 Å². The van der Waals surface area contributed by atoms with E-state index < -0.39 is 0 Å². The fraction of sp³-hybridized carbons (Fsp3) is 0.571. The quantitative estimate of drug-likeness (QED) is 0.880. The van der Waals surface area contributed by atoms with Crippen molar-refractivity contribution in [3.63, 3.8) is 0 Å². The first-order valence-corrected chi connectivity index (χ1v) is 6.61. The molecule has 1 aliphatic heterocycles. The fourth-order valence-corrected chi connectivity index (χ4v) is 2.22. The van der Waals surface area contributed by atoms with Crippen LogP contribution in [0.25, 0.3) is 0 Å². The number of ether oxygens (including phenoxy) is 2. The van der Waals surface area contributed by atoms with E-state index in [1.165, 1.54) is 6.07 Å². The molecule has 1 unspecified atom stereocenters. The molecular formula is C14H21FN2O2. The first-order chi connectivity index (χ1) is 9.20. The number of benzene rings is 1. The summed E-state index contributed by atoms with van der Waals surface area (Å²) in [5.41, 5.74) is 0.647. The first-order valence-electron chi connectivity index (χ1n) is 6.61. The predicted molar refractivity (Wildman–Crippen MR) is 73.4 cm³/mol. The Balaban J connectivity index is 2.03. The molecule has 1 atom stereocenters. The number of rotatable bonds is 5. The first kappa shape index (κ1) is 14.1. The normalized spacial score (nSPS) is 17.3. The Morgan fingerprint density at radius 1 is 1.37 bits per heavy atom. The van der Waals surface area contributed by atoms with Crippen LogP contribution in [0.4, 0.5) is 10.1 Å². The molecule has 4 nitrogen and oxygen atoms in total. The number of nitrogens with one attached hydrogen (secondary N) is 1. The highest BCUT2D eigenvalue weighted by Crippen LogP contribution is 2.25. The summed E-state index contributed by atoms with van der Waals surface area (Å²) in [5, 5.41) is 3.25. The molecule has 0 aliphatic carbocycles. The van der Waals surface area contributed by atoms with Crippen LogP contribution in [-0.4, -0.2) is 46.0 Å². The molecule has 19 heavy (non-hydrogen) atoms. The van der Waals surface area contributed by atoms with Gasteiger partial charge in [0, 0.05) is 39.4 Å². The number of hydrogen-bond donors (Lipinski definition) is 1. The number of hydrogen-bond acceptors (Lipinski definition) is 4. The second-order valence-electron chi connectivity index (χ2n) is 4.73. The second kappa shape index (κ2) is 6.73. The molecule has 2 rings (SSSR count). The maximum atomic E-state index is 14.1. The molecule has 0 bridgehead atoms. The summed E-state index contributed by atoms with van der Waals surface area (Å²) in [6, 6.07) is 5.05. The van der Waals surface area contributed by atoms with E-state index in [-0.39, 0.29) is 11.9 Å². The van der Waals surface area contributed by atoms with Gasteiger partial charge in [-0.05, 0) is 19.1 Å². The van der Waals surface area contributed by atoms with Gasteiger partial charge in [-0.2, -0.15) is 0 Å². The number of piperazine rings is 1. The van der Waals surface area contributed by atoms with Crippen molar-refractivity contribution in [2.45, 2.75) is 13.0 Å². The third-order valence-corrected chi connectivity index (χ3v) is 3.12. The van der Waals surface area contributed by atoms with E-state index in [0.717, 1.165) is 26.2 Å². The van der Waals surface area contributed by atoms with Crippen LogP contribution < -0.4 is 15.0 Å². The van der Waals surface area contributed by atoms with Crippen molar-refractivity contribution in [3.05, 3.63) is 24.0 Å². The molecule has 106 valence electrons. The van der Waals surface area contributed by atoms with E-state index in [4.69, 9.17) is 9.47 Å². The minimum atomic E-state index is -0.232. The van der Waals surface area contributed by atoms with Crippen molar-refractivity contribution < 1.29 is 13.9 Å². The zero-order chi connectivity index (χ0) is 13.7. The Bertz CT molecular complexity index is 408. The van der Waals surface area contributed by atoms with Crippen LogP contribution in [0, 0.1) is 5.82 Å². The van der Waals surface area contributed by atoms with Crippen molar-refractivity contribution in [2.75, 3.05) is 44.8 Å². The average Bonchev–Trinajstić information content (AvgIpc) is 2.40. The molecule has 1 aliphatic rings. The topological polar surface area (TPSA) is 33.7 Å². The van der Waals surface area contributed by atoms with Crippen molar-refractivity contribution in [1.82, 2.24) is 5.32 Å². The van der Waals surface area contributed by atoms with E-state index in [1.807, 2.05) is 17.9 Å². The monoisotopic (exact) mass is 268 g/mol. The summed E-state index contributed by atoms with van der Waals surface area (Å²) in [4.78, 5) is 2.05.